The quantitative estimate of drug-likeness (QED) is 0.520. The van der Waals surface area contributed by atoms with Crippen LogP contribution in [-0.4, -0.2) is 34.6 Å². The predicted molar refractivity (Wildman–Crippen MR) is 141 cm³/mol. The second-order valence-corrected chi connectivity index (χ2v) is 10.1. The zero-order chi connectivity index (χ0) is 24.8. The summed E-state index contributed by atoms with van der Waals surface area (Å²) in [6.45, 7) is 6.29. The topological polar surface area (TPSA) is 91.0 Å². The van der Waals surface area contributed by atoms with Crippen LogP contribution in [0.3, 0.4) is 0 Å². The lowest BCUT2D eigenvalue weighted by Gasteiger charge is -2.29. The van der Waals surface area contributed by atoms with Gasteiger partial charge in [-0.05, 0) is 43.7 Å². The Hall–Kier alpha value is -3.18. The molecule has 1 saturated carbocycles. The molecule has 0 spiro atoms. The van der Waals surface area contributed by atoms with Crippen molar-refractivity contribution in [3.05, 3.63) is 56.7 Å². The summed E-state index contributed by atoms with van der Waals surface area (Å²) in [6, 6.07) is 9.79. The zero-order valence-electron chi connectivity index (χ0n) is 20.5. The second kappa shape index (κ2) is 11.5. The number of fused-ring (bicyclic) bond motifs is 1. The number of nitrogens with zero attached hydrogens (tertiary/aromatic N) is 4. The van der Waals surface area contributed by atoms with Gasteiger partial charge in [0.05, 0.1) is 23.7 Å². The van der Waals surface area contributed by atoms with E-state index in [2.05, 4.69) is 30.1 Å². The summed E-state index contributed by atoms with van der Waals surface area (Å²) < 4.78 is 2.15. The van der Waals surface area contributed by atoms with Gasteiger partial charge in [0.15, 0.2) is 0 Å². The minimum Gasteiger partial charge on any atom is -0.349 e. The lowest BCUT2D eigenvalue weighted by atomic mass is 10.1. The number of unbranched alkanes of at least 4 members (excludes halogenated alkanes) is 1. The molecule has 1 aliphatic carbocycles. The molecule has 0 unspecified atom stereocenters. The number of benzene rings is 1. The van der Waals surface area contributed by atoms with Crippen LogP contribution in [-0.2, 0) is 6.54 Å². The van der Waals surface area contributed by atoms with Gasteiger partial charge in [-0.15, -0.1) is 11.3 Å². The molecule has 1 saturated heterocycles. The maximum absolute atomic E-state index is 13.6. The summed E-state index contributed by atoms with van der Waals surface area (Å²) in [5.74, 6) is 0.432. The van der Waals surface area contributed by atoms with Gasteiger partial charge in [0.2, 0.25) is 5.95 Å². The number of piperidine rings is 1. The zero-order valence-corrected chi connectivity index (χ0v) is 21.4. The Kier molecular flexibility index (Phi) is 8.19. The van der Waals surface area contributed by atoms with Gasteiger partial charge < -0.3 is 10.2 Å². The van der Waals surface area contributed by atoms with Gasteiger partial charge in [-0.3, -0.25) is 14.2 Å². The molecular formula is C27H33N5O2S. The Morgan fingerprint density at radius 3 is 2.54 bits per heavy atom. The molecule has 1 N–H and O–H groups in total. The summed E-state index contributed by atoms with van der Waals surface area (Å²) in [4.78, 5) is 33.3. The molecule has 8 heteroatoms. The first-order valence-electron chi connectivity index (χ1n) is 12.6. The Balaban J connectivity index is 0.000000672. The van der Waals surface area contributed by atoms with E-state index in [-0.39, 0.29) is 24.1 Å². The summed E-state index contributed by atoms with van der Waals surface area (Å²) in [5.41, 5.74) is 2.14. The first-order chi connectivity index (χ1) is 17.1. The van der Waals surface area contributed by atoms with Crippen molar-refractivity contribution in [2.75, 3.05) is 18.0 Å². The highest BCUT2D eigenvalue weighted by molar-refractivity contribution is 7.17. The fourth-order valence-corrected chi connectivity index (χ4v) is 4.99. The van der Waals surface area contributed by atoms with Crippen LogP contribution in [0.2, 0.25) is 0 Å². The van der Waals surface area contributed by atoms with Crippen LogP contribution in [0.25, 0.3) is 10.2 Å². The molecular weight excluding hydrogens is 458 g/mol. The van der Waals surface area contributed by atoms with Crippen LogP contribution < -0.4 is 15.8 Å². The lowest BCUT2D eigenvalue weighted by molar-refractivity contribution is 0.0953. The highest BCUT2D eigenvalue weighted by Crippen LogP contribution is 2.28. The Morgan fingerprint density at radius 2 is 1.89 bits per heavy atom. The van der Waals surface area contributed by atoms with E-state index in [0.717, 1.165) is 50.8 Å². The summed E-state index contributed by atoms with van der Waals surface area (Å²) in [5, 5.41) is 14.2. The third-order valence-electron chi connectivity index (χ3n) is 6.42. The van der Waals surface area contributed by atoms with Crippen molar-refractivity contribution in [2.45, 2.75) is 71.4 Å². The van der Waals surface area contributed by atoms with Crippen molar-refractivity contribution in [3.8, 4) is 6.07 Å². The van der Waals surface area contributed by atoms with Gasteiger partial charge in [0.1, 0.15) is 10.2 Å². The number of aromatic nitrogens is 2. The first-order valence-corrected chi connectivity index (χ1v) is 13.5. The van der Waals surface area contributed by atoms with Crippen LogP contribution in [0.4, 0.5) is 5.95 Å². The molecule has 2 aromatic heterocycles. The fourth-order valence-electron chi connectivity index (χ4n) is 4.06. The minimum atomic E-state index is -0.159. The maximum Gasteiger partial charge on any atom is 0.273 e. The van der Waals surface area contributed by atoms with Gasteiger partial charge >= 0.3 is 0 Å². The number of anilines is 1. The molecule has 0 radical (unpaired) electrons. The van der Waals surface area contributed by atoms with Crippen LogP contribution in [0, 0.1) is 11.3 Å². The molecule has 3 heterocycles. The number of nitriles is 1. The van der Waals surface area contributed by atoms with E-state index >= 15 is 0 Å². The SMILES string of the molecule is CCCC.N#Cc1ccccc1Cn1c(N2CCCCC2)nc2c(C(=O)NC3CC3)csc2c1=O. The molecule has 1 amide bonds. The van der Waals surface area contributed by atoms with Crippen molar-refractivity contribution in [2.24, 2.45) is 0 Å². The van der Waals surface area contributed by atoms with Crippen LogP contribution >= 0.6 is 11.3 Å². The minimum absolute atomic E-state index is 0.155. The average Bonchev–Trinajstić information content (AvgIpc) is 3.61. The van der Waals surface area contributed by atoms with Gasteiger partial charge in [0.25, 0.3) is 11.5 Å². The molecule has 35 heavy (non-hydrogen) atoms. The van der Waals surface area contributed by atoms with Gasteiger partial charge in [-0.2, -0.15) is 5.26 Å². The van der Waals surface area contributed by atoms with Crippen molar-refractivity contribution in [1.82, 2.24) is 14.9 Å². The smallest absolute Gasteiger partial charge is 0.273 e. The van der Waals surface area contributed by atoms with Crippen LogP contribution in [0.1, 0.15) is 80.3 Å². The van der Waals surface area contributed by atoms with Crippen LogP contribution in [0.15, 0.2) is 34.4 Å². The molecule has 1 aromatic carbocycles. The molecule has 184 valence electrons. The Bertz CT molecular complexity index is 1280. The van der Waals surface area contributed by atoms with E-state index < -0.39 is 0 Å². The van der Waals surface area contributed by atoms with Crippen molar-refractivity contribution in [1.29, 1.82) is 5.26 Å². The van der Waals surface area contributed by atoms with Crippen molar-refractivity contribution >= 4 is 33.4 Å². The van der Waals surface area contributed by atoms with E-state index in [4.69, 9.17) is 4.98 Å². The lowest BCUT2D eigenvalue weighted by Crippen LogP contribution is -2.36. The third-order valence-corrected chi connectivity index (χ3v) is 7.38. The Morgan fingerprint density at radius 1 is 1.17 bits per heavy atom. The Labute approximate surface area is 210 Å². The summed E-state index contributed by atoms with van der Waals surface area (Å²) in [6.07, 6.45) is 7.90. The number of rotatable bonds is 6. The average molecular weight is 492 g/mol. The number of carbonyl (C=O) groups excluding carboxylic acids is 1. The van der Waals surface area contributed by atoms with E-state index in [9.17, 15) is 14.9 Å². The molecule has 3 aromatic rings. The fraction of sp³-hybridized carbons (Fsp3) is 0.481. The van der Waals surface area contributed by atoms with Gasteiger partial charge in [-0.25, -0.2) is 4.98 Å². The molecule has 1 aliphatic heterocycles. The molecule has 7 nitrogen and oxygen atoms in total. The number of hydrogen-bond donors (Lipinski definition) is 1. The van der Waals surface area contributed by atoms with Crippen LogP contribution in [0.5, 0.6) is 0 Å². The van der Waals surface area contributed by atoms with E-state index in [1.165, 1.54) is 24.2 Å². The highest BCUT2D eigenvalue weighted by Gasteiger charge is 2.27. The standard InChI is InChI=1S/C23H23N5O2S.C4H10/c24-12-15-6-2-3-7-16(15)13-28-22(30)20-19(26-23(28)27-10-4-1-5-11-27)18(14-31-20)21(29)25-17-8-9-17;1-3-4-2/h2-3,6-7,14,17H,1,4-5,8-11,13H2,(H,25,29);3-4H2,1-2H3. The largest absolute Gasteiger partial charge is 0.349 e. The molecule has 0 bridgehead atoms. The number of hydrogen-bond acceptors (Lipinski definition) is 6. The molecule has 5 rings (SSSR count). The highest BCUT2D eigenvalue weighted by atomic mass is 32.1. The van der Waals surface area contributed by atoms with Gasteiger partial charge in [0, 0.05) is 24.5 Å². The predicted octanol–water partition coefficient (Wildman–Crippen LogP) is 5.07. The molecule has 2 fully saturated rings. The third kappa shape index (κ3) is 5.73. The van der Waals surface area contributed by atoms with Crippen molar-refractivity contribution < 1.29 is 4.79 Å². The number of nitrogens with one attached hydrogen (secondary N) is 1. The maximum atomic E-state index is 13.6. The second-order valence-electron chi connectivity index (χ2n) is 9.19. The monoisotopic (exact) mass is 491 g/mol. The summed E-state index contributed by atoms with van der Waals surface area (Å²) in [7, 11) is 0. The van der Waals surface area contributed by atoms with Crippen molar-refractivity contribution in [3.63, 3.8) is 0 Å². The summed E-state index contributed by atoms with van der Waals surface area (Å²) >= 11 is 1.27. The van der Waals surface area contributed by atoms with E-state index in [0.29, 0.717) is 27.3 Å². The van der Waals surface area contributed by atoms with E-state index in [1.54, 1.807) is 16.0 Å². The molecule has 2 aliphatic rings. The van der Waals surface area contributed by atoms with Gasteiger partial charge in [-0.1, -0.05) is 44.9 Å². The normalized spacial score (nSPS) is 15.3. The number of carbonyl (C=O) groups is 1. The first kappa shape index (κ1) is 24.9. The number of amides is 1. The number of thiophene rings is 1. The van der Waals surface area contributed by atoms with E-state index in [1.807, 2.05) is 18.2 Å². The molecule has 0 atom stereocenters.